The number of rotatable bonds is 3. The summed E-state index contributed by atoms with van der Waals surface area (Å²) in [5.41, 5.74) is 6.01. The van der Waals surface area contributed by atoms with E-state index in [-0.39, 0.29) is 23.6 Å². The fraction of sp³-hybridized carbons (Fsp3) is 0.0909. The molecule has 0 spiro atoms. The lowest BCUT2D eigenvalue weighted by Crippen LogP contribution is -2.23. The number of aromatic amines is 1. The van der Waals surface area contributed by atoms with Gasteiger partial charge in [0.1, 0.15) is 22.9 Å². The Labute approximate surface area is 102 Å². The number of carbonyl (C=O) groups excluding carboxylic acids is 1. The van der Waals surface area contributed by atoms with E-state index in [2.05, 4.69) is 15.5 Å². The average molecular weight is 248 g/mol. The number of nitrogens with one attached hydrogen (secondary N) is 2. The summed E-state index contributed by atoms with van der Waals surface area (Å²) >= 11 is 0. The van der Waals surface area contributed by atoms with Crippen LogP contribution in [0.25, 0.3) is 0 Å². The van der Waals surface area contributed by atoms with E-state index in [4.69, 9.17) is 5.73 Å². The van der Waals surface area contributed by atoms with Gasteiger partial charge in [-0.1, -0.05) is 6.07 Å². The number of hydrogen-bond acceptors (Lipinski definition) is 5. The number of phenols is 2. The van der Waals surface area contributed by atoms with E-state index in [0.717, 1.165) is 0 Å². The van der Waals surface area contributed by atoms with Crippen molar-refractivity contribution in [3.05, 3.63) is 35.5 Å². The van der Waals surface area contributed by atoms with Crippen LogP contribution < -0.4 is 11.1 Å². The Morgan fingerprint density at radius 1 is 1.39 bits per heavy atom. The van der Waals surface area contributed by atoms with Crippen molar-refractivity contribution >= 4 is 11.7 Å². The Balaban J connectivity index is 2.11. The topological polar surface area (TPSA) is 124 Å². The maximum absolute atomic E-state index is 11.8. The minimum Gasteiger partial charge on any atom is -0.507 e. The number of carbonyl (C=O) groups is 1. The maximum Gasteiger partial charge on any atom is 0.259 e. The van der Waals surface area contributed by atoms with Crippen LogP contribution in [0.2, 0.25) is 0 Å². The van der Waals surface area contributed by atoms with Crippen LogP contribution in [0.4, 0.5) is 5.82 Å². The van der Waals surface area contributed by atoms with Crippen molar-refractivity contribution in [2.24, 2.45) is 0 Å². The van der Waals surface area contributed by atoms with Crippen LogP contribution in [-0.4, -0.2) is 26.3 Å². The van der Waals surface area contributed by atoms with E-state index < -0.39 is 5.91 Å². The van der Waals surface area contributed by atoms with Crippen molar-refractivity contribution < 1.29 is 15.0 Å². The highest BCUT2D eigenvalue weighted by molar-refractivity contribution is 5.99. The summed E-state index contributed by atoms with van der Waals surface area (Å²) < 4.78 is 0. The van der Waals surface area contributed by atoms with Crippen molar-refractivity contribution in [3.63, 3.8) is 0 Å². The van der Waals surface area contributed by atoms with E-state index in [0.29, 0.717) is 11.4 Å². The number of nitrogens with two attached hydrogens (primary N) is 1. The Morgan fingerprint density at radius 2 is 2.06 bits per heavy atom. The highest BCUT2D eigenvalue weighted by Gasteiger charge is 2.16. The fourth-order valence-electron chi connectivity index (χ4n) is 1.49. The molecule has 2 rings (SSSR count). The molecule has 0 radical (unpaired) electrons. The number of phenolic OH excluding ortho intramolecular Hbond substituents is 2. The van der Waals surface area contributed by atoms with E-state index in [1.807, 2.05) is 0 Å². The zero-order valence-corrected chi connectivity index (χ0v) is 9.34. The number of aromatic nitrogens is 2. The first-order valence-corrected chi connectivity index (χ1v) is 5.16. The van der Waals surface area contributed by atoms with Crippen molar-refractivity contribution in [3.8, 4) is 11.5 Å². The highest BCUT2D eigenvalue weighted by Crippen LogP contribution is 2.25. The van der Waals surface area contributed by atoms with Gasteiger partial charge in [-0.3, -0.25) is 9.89 Å². The van der Waals surface area contributed by atoms with Crippen molar-refractivity contribution in [1.29, 1.82) is 0 Å². The van der Waals surface area contributed by atoms with Gasteiger partial charge >= 0.3 is 0 Å². The monoisotopic (exact) mass is 248 g/mol. The second-order valence-corrected chi connectivity index (χ2v) is 3.66. The third-order valence-electron chi connectivity index (χ3n) is 2.44. The first-order chi connectivity index (χ1) is 8.59. The van der Waals surface area contributed by atoms with Gasteiger partial charge in [-0.25, -0.2) is 0 Å². The van der Waals surface area contributed by atoms with E-state index in [1.165, 1.54) is 24.4 Å². The Bertz CT molecular complexity index is 559. The molecular weight excluding hydrogens is 236 g/mol. The Hall–Kier alpha value is -2.70. The molecule has 94 valence electrons. The quantitative estimate of drug-likeness (QED) is 0.535. The van der Waals surface area contributed by atoms with Crippen molar-refractivity contribution in [2.75, 3.05) is 5.73 Å². The van der Waals surface area contributed by atoms with Crippen LogP contribution in [0, 0.1) is 0 Å². The molecule has 0 aliphatic carbocycles. The summed E-state index contributed by atoms with van der Waals surface area (Å²) in [4.78, 5) is 11.8. The summed E-state index contributed by atoms with van der Waals surface area (Å²) in [7, 11) is 0. The molecule has 1 amide bonds. The molecule has 0 fully saturated rings. The standard InChI is InChI=1S/C11H12N4O3/c12-10-6(5-14-15-10)4-13-11(18)9-7(16)2-1-3-8(9)17/h1-3,5,16-17H,4H2,(H,13,18)(H3,12,14,15). The molecule has 1 aromatic carbocycles. The fourth-order valence-corrected chi connectivity index (χ4v) is 1.49. The molecule has 6 N–H and O–H groups in total. The van der Waals surface area contributed by atoms with E-state index in [9.17, 15) is 15.0 Å². The largest absolute Gasteiger partial charge is 0.507 e. The zero-order chi connectivity index (χ0) is 13.1. The second kappa shape index (κ2) is 4.66. The average Bonchev–Trinajstić information content (AvgIpc) is 2.72. The molecule has 2 aromatic rings. The number of aromatic hydroxyl groups is 2. The molecule has 18 heavy (non-hydrogen) atoms. The molecular formula is C11H12N4O3. The zero-order valence-electron chi connectivity index (χ0n) is 9.34. The number of nitrogens with zero attached hydrogens (tertiary/aromatic N) is 1. The third kappa shape index (κ3) is 2.19. The number of anilines is 1. The predicted octanol–water partition coefficient (Wildman–Crippen LogP) is 0.333. The molecule has 0 saturated carbocycles. The maximum atomic E-state index is 11.8. The van der Waals surface area contributed by atoms with Gasteiger partial charge in [0.05, 0.1) is 6.20 Å². The minimum absolute atomic E-state index is 0.148. The summed E-state index contributed by atoms with van der Waals surface area (Å²) in [6, 6.07) is 4.08. The van der Waals surface area contributed by atoms with Gasteiger partial charge in [-0.05, 0) is 12.1 Å². The highest BCUT2D eigenvalue weighted by atomic mass is 16.3. The van der Waals surface area contributed by atoms with Crippen molar-refractivity contribution in [2.45, 2.75) is 6.54 Å². The van der Waals surface area contributed by atoms with Crippen LogP contribution >= 0.6 is 0 Å². The summed E-state index contributed by atoms with van der Waals surface area (Å²) in [6.45, 7) is 0.148. The Kier molecular flexibility index (Phi) is 3.05. The molecule has 0 aliphatic rings. The molecule has 0 atom stereocenters. The lowest BCUT2D eigenvalue weighted by molar-refractivity contribution is 0.0945. The number of nitrogen functional groups attached to an aromatic ring is 1. The van der Waals surface area contributed by atoms with Crippen LogP contribution in [0.5, 0.6) is 11.5 Å². The molecule has 7 heteroatoms. The smallest absolute Gasteiger partial charge is 0.259 e. The first-order valence-electron chi connectivity index (χ1n) is 5.16. The molecule has 0 saturated heterocycles. The summed E-state index contributed by atoms with van der Waals surface area (Å²) in [5.74, 6) is -0.802. The molecule has 7 nitrogen and oxygen atoms in total. The molecule has 1 heterocycles. The van der Waals surface area contributed by atoms with Gasteiger partial charge in [-0.2, -0.15) is 5.10 Å². The lowest BCUT2D eigenvalue weighted by Gasteiger charge is -2.07. The number of H-pyrrole nitrogens is 1. The molecule has 0 aliphatic heterocycles. The SMILES string of the molecule is Nc1[nH]ncc1CNC(=O)c1c(O)cccc1O. The first kappa shape index (κ1) is 11.8. The van der Waals surface area contributed by atoms with Crippen molar-refractivity contribution in [1.82, 2.24) is 15.5 Å². The van der Waals surface area contributed by atoms with Gasteiger partial charge in [0.2, 0.25) is 0 Å². The third-order valence-corrected chi connectivity index (χ3v) is 2.44. The van der Waals surface area contributed by atoms with E-state index in [1.54, 1.807) is 0 Å². The number of amides is 1. The normalized spacial score (nSPS) is 10.2. The van der Waals surface area contributed by atoms with Crippen LogP contribution in [-0.2, 0) is 6.54 Å². The molecule has 1 aromatic heterocycles. The molecule has 0 bridgehead atoms. The Morgan fingerprint density at radius 3 is 2.61 bits per heavy atom. The number of benzene rings is 1. The number of hydrogen-bond donors (Lipinski definition) is 5. The van der Waals surface area contributed by atoms with E-state index >= 15 is 0 Å². The van der Waals surface area contributed by atoms with Gasteiger partial charge in [0.25, 0.3) is 5.91 Å². The van der Waals surface area contributed by atoms with Gasteiger partial charge in [0, 0.05) is 12.1 Å². The summed E-state index contributed by atoms with van der Waals surface area (Å²) in [5, 5.41) is 27.8. The lowest BCUT2D eigenvalue weighted by atomic mass is 10.1. The molecule has 0 unspecified atom stereocenters. The van der Waals surface area contributed by atoms with Crippen LogP contribution in [0.3, 0.4) is 0 Å². The predicted molar refractivity (Wildman–Crippen MR) is 63.9 cm³/mol. The second-order valence-electron chi connectivity index (χ2n) is 3.66. The van der Waals surface area contributed by atoms with Gasteiger partial charge < -0.3 is 21.3 Å². The minimum atomic E-state index is -0.591. The van der Waals surface area contributed by atoms with Crippen LogP contribution in [0.1, 0.15) is 15.9 Å². The van der Waals surface area contributed by atoms with Gasteiger partial charge in [0.15, 0.2) is 0 Å². The summed E-state index contributed by atoms with van der Waals surface area (Å²) in [6.07, 6.45) is 1.49. The van der Waals surface area contributed by atoms with Gasteiger partial charge in [-0.15, -0.1) is 0 Å². The van der Waals surface area contributed by atoms with Crippen LogP contribution in [0.15, 0.2) is 24.4 Å².